The van der Waals surface area contributed by atoms with Gasteiger partial charge in [-0.05, 0) is 17.7 Å². The number of aromatic nitrogens is 1. The van der Waals surface area contributed by atoms with Gasteiger partial charge in [0.05, 0.1) is 29.4 Å². The minimum absolute atomic E-state index is 0.160. The van der Waals surface area contributed by atoms with E-state index in [4.69, 9.17) is 22.2 Å². The Morgan fingerprint density at radius 2 is 2.35 bits per heavy atom. The Balaban J connectivity index is 2.38. The average molecular weight is 270 g/mol. The maximum Gasteiger partial charge on any atom is 0.137 e. The third kappa shape index (κ3) is 2.58. The second-order valence-corrected chi connectivity index (χ2v) is 4.53. The lowest BCUT2D eigenvalue weighted by Crippen LogP contribution is -2.29. The summed E-state index contributed by atoms with van der Waals surface area (Å²) in [4.78, 5) is 4.24. The Hall–Kier alpha value is -1.14. The van der Waals surface area contributed by atoms with Crippen LogP contribution in [0.4, 0.5) is 0 Å². The number of nitrogens with one attached hydrogen (secondary N) is 1. The van der Waals surface area contributed by atoms with Gasteiger partial charge in [0, 0.05) is 5.38 Å². The number of hydrogen-bond acceptors (Lipinski definition) is 5. The summed E-state index contributed by atoms with van der Waals surface area (Å²) >= 11 is 7.51. The second-order valence-electron chi connectivity index (χ2n) is 3.41. The van der Waals surface area contributed by atoms with Crippen molar-refractivity contribution in [2.75, 3.05) is 7.11 Å². The average Bonchev–Trinajstić information content (AvgIpc) is 2.86. The molecule has 0 saturated heterocycles. The number of halogens is 1. The Kier molecular flexibility index (Phi) is 3.96. The first-order valence-corrected chi connectivity index (χ1v) is 6.26. The standard InChI is InChI=1S/C11H12ClN3OS/c1-16-10-4-7(2-3-8(10)12)11(15-13)9-5-17-6-14-9/h2-6,11,15H,13H2,1H3. The van der Waals surface area contributed by atoms with Gasteiger partial charge in [0.2, 0.25) is 0 Å². The van der Waals surface area contributed by atoms with E-state index in [0.717, 1.165) is 11.3 Å². The molecular formula is C11H12ClN3OS. The molecule has 1 aromatic carbocycles. The molecular weight excluding hydrogens is 258 g/mol. The third-order valence-corrected chi connectivity index (χ3v) is 3.34. The summed E-state index contributed by atoms with van der Waals surface area (Å²) in [5.41, 5.74) is 6.34. The summed E-state index contributed by atoms with van der Waals surface area (Å²) in [5.74, 6) is 6.19. The quantitative estimate of drug-likeness (QED) is 0.661. The van der Waals surface area contributed by atoms with Crippen molar-refractivity contribution in [1.29, 1.82) is 0 Å². The van der Waals surface area contributed by atoms with Crippen molar-refractivity contribution in [2.45, 2.75) is 6.04 Å². The zero-order valence-corrected chi connectivity index (χ0v) is 10.8. The second kappa shape index (κ2) is 5.46. The van der Waals surface area contributed by atoms with Crippen LogP contribution in [0.5, 0.6) is 5.75 Å². The number of benzene rings is 1. The molecule has 0 saturated carbocycles. The summed E-state index contributed by atoms with van der Waals surface area (Å²) in [6, 6.07) is 5.38. The number of hydrogen-bond donors (Lipinski definition) is 2. The van der Waals surface area contributed by atoms with Crippen molar-refractivity contribution >= 4 is 22.9 Å². The number of rotatable bonds is 4. The third-order valence-electron chi connectivity index (χ3n) is 2.42. The van der Waals surface area contributed by atoms with Gasteiger partial charge in [0.15, 0.2) is 0 Å². The van der Waals surface area contributed by atoms with E-state index in [0.29, 0.717) is 10.8 Å². The Morgan fingerprint density at radius 3 is 2.94 bits per heavy atom. The number of methoxy groups -OCH3 is 1. The van der Waals surface area contributed by atoms with E-state index < -0.39 is 0 Å². The molecule has 0 aliphatic rings. The van der Waals surface area contributed by atoms with Gasteiger partial charge < -0.3 is 4.74 Å². The molecule has 0 fully saturated rings. The van der Waals surface area contributed by atoms with Crippen LogP contribution in [0.2, 0.25) is 5.02 Å². The molecule has 1 heterocycles. The van der Waals surface area contributed by atoms with E-state index in [-0.39, 0.29) is 6.04 Å². The van der Waals surface area contributed by atoms with Gasteiger partial charge in [-0.1, -0.05) is 17.7 Å². The van der Waals surface area contributed by atoms with E-state index in [1.165, 1.54) is 11.3 Å². The van der Waals surface area contributed by atoms with Gasteiger partial charge in [-0.3, -0.25) is 5.84 Å². The van der Waals surface area contributed by atoms with Crippen LogP contribution >= 0.6 is 22.9 Å². The largest absolute Gasteiger partial charge is 0.495 e. The molecule has 1 atom stereocenters. The topological polar surface area (TPSA) is 60.2 Å². The van der Waals surface area contributed by atoms with Crippen LogP contribution in [0.1, 0.15) is 17.3 Å². The number of ether oxygens (including phenoxy) is 1. The fourth-order valence-corrected chi connectivity index (χ4v) is 2.35. The lowest BCUT2D eigenvalue weighted by Gasteiger charge is -2.15. The highest BCUT2D eigenvalue weighted by Crippen LogP contribution is 2.29. The van der Waals surface area contributed by atoms with Crippen molar-refractivity contribution in [2.24, 2.45) is 5.84 Å². The number of nitrogens with zero attached hydrogens (tertiary/aromatic N) is 1. The van der Waals surface area contributed by atoms with Crippen LogP contribution < -0.4 is 16.0 Å². The molecule has 2 rings (SSSR count). The molecule has 0 aliphatic carbocycles. The van der Waals surface area contributed by atoms with Crippen LogP contribution in [0.15, 0.2) is 29.1 Å². The Labute approximate surface area is 108 Å². The number of hydrazine groups is 1. The number of thiazole rings is 1. The summed E-state index contributed by atoms with van der Waals surface area (Å²) in [7, 11) is 1.58. The van der Waals surface area contributed by atoms with Crippen molar-refractivity contribution < 1.29 is 4.74 Å². The molecule has 0 aliphatic heterocycles. The highest BCUT2D eigenvalue weighted by molar-refractivity contribution is 7.07. The van der Waals surface area contributed by atoms with Crippen molar-refractivity contribution in [3.8, 4) is 5.75 Å². The maximum atomic E-state index is 5.98. The lowest BCUT2D eigenvalue weighted by molar-refractivity contribution is 0.414. The van der Waals surface area contributed by atoms with E-state index in [9.17, 15) is 0 Å². The van der Waals surface area contributed by atoms with Crippen molar-refractivity contribution in [3.05, 3.63) is 45.4 Å². The first kappa shape index (κ1) is 12.3. The van der Waals surface area contributed by atoms with Crippen molar-refractivity contribution in [1.82, 2.24) is 10.4 Å². The fourth-order valence-electron chi connectivity index (χ4n) is 1.57. The van der Waals surface area contributed by atoms with Gasteiger partial charge in [-0.2, -0.15) is 0 Å². The molecule has 0 spiro atoms. The smallest absolute Gasteiger partial charge is 0.137 e. The lowest BCUT2D eigenvalue weighted by atomic mass is 10.1. The Morgan fingerprint density at radius 1 is 1.53 bits per heavy atom. The monoisotopic (exact) mass is 269 g/mol. The molecule has 2 aromatic rings. The first-order valence-electron chi connectivity index (χ1n) is 4.94. The molecule has 90 valence electrons. The van der Waals surface area contributed by atoms with Crippen LogP contribution in [-0.2, 0) is 0 Å². The van der Waals surface area contributed by atoms with E-state index in [1.807, 2.05) is 17.5 Å². The highest BCUT2D eigenvalue weighted by atomic mass is 35.5. The zero-order chi connectivity index (χ0) is 12.3. The van der Waals surface area contributed by atoms with Gasteiger partial charge in [0.1, 0.15) is 5.75 Å². The van der Waals surface area contributed by atoms with Gasteiger partial charge in [0.25, 0.3) is 0 Å². The van der Waals surface area contributed by atoms with Gasteiger partial charge in [-0.25, -0.2) is 10.4 Å². The Bertz CT molecular complexity index is 489. The maximum absolute atomic E-state index is 5.98. The van der Waals surface area contributed by atoms with Crippen molar-refractivity contribution in [3.63, 3.8) is 0 Å². The predicted molar refractivity (Wildman–Crippen MR) is 69.3 cm³/mol. The van der Waals surface area contributed by atoms with E-state index >= 15 is 0 Å². The molecule has 3 N–H and O–H groups in total. The molecule has 0 radical (unpaired) electrons. The fraction of sp³-hybridized carbons (Fsp3) is 0.182. The zero-order valence-electron chi connectivity index (χ0n) is 9.18. The van der Waals surface area contributed by atoms with Gasteiger partial charge >= 0.3 is 0 Å². The summed E-state index contributed by atoms with van der Waals surface area (Å²) in [6.07, 6.45) is 0. The molecule has 17 heavy (non-hydrogen) atoms. The molecule has 0 bridgehead atoms. The normalized spacial score (nSPS) is 12.4. The van der Waals surface area contributed by atoms with E-state index in [2.05, 4.69) is 10.4 Å². The van der Waals surface area contributed by atoms with Crippen LogP contribution in [-0.4, -0.2) is 12.1 Å². The van der Waals surface area contributed by atoms with Crippen LogP contribution in [0.3, 0.4) is 0 Å². The molecule has 6 heteroatoms. The minimum Gasteiger partial charge on any atom is -0.495 e. The highest BCUT2D eigenvalue weighted by Gasteiger charge is 2.15. The first-order chi connectivity index (χ1) is 8.26. The molecule has 1 aromatic heterocycles. The van der Waals surface area contributed by atoms with E-state index in [1.54, 1.807) is 18.7 Å². The van der Waals surface area contributed by atoms with Crippen LogP contribution in [0.25, 0.3) is 0 Å². The predicted octanol–water partition coefficient (Wildman–Crippen LogP) is 2.36. The molecule has 0 amide bonds. The SMILES string of the molecule is COc1cc(C(NN)c2cscn2)ccc1Cl. The van der Waals surface area contributed by atoms with Gasteiger partial charge in [-0.15, -0.1) is 11.3 Å². The molecule has 4 nitrogen and oxygen atoms in total. The summed E-state index contributed by atoms with van der Waals surface area (Å²) in [5, 5.41) is 2.52. The number of nitrogens with two attached hydrogens (primary N) is 1. The summed E-state index contributed by atoms with van der Waals surface area (Å²) < 4.78 is 5.18. The summed E-state index contributed by atoms with van der Waals surface area (Å²) in [6.45, 7) is 0. The minimum atomic E-state index is -0.160. The van der Waals surface area contributed by atoms with Crippen LogP contribution in [0, 0.1) is 0 Å². The molecule has 1 unspecified atom stereocenters.